The molecule has 4 nitrogen and oxygen atoms in total. The highest BCUT2D eigenvalue weighted by atomic mass is 16.5. The van der Waals surface area contributed by atoms with Crippen LogP contribution in [-0.2, 0) is 0 Å². The van der Waals surface area contributed by atoms with Crippen molar-refractivity contribution in [3.63, 3.8) is 0 Å². The third kappa shape index (κ3) is 3.01. The van der Waals surface area contributed by atoms with Gasteiger partial charge in [0.25, 0.3) is 0 Å². The maximum Gasteiger partial charge on any atom is 0.133 e. The smallest absolute Gasteiger partial charge is 0.133 e. The summed E-state index contributed by atoms with van der Waals surface area (Å²) in [6, 6.07) is 20.7. The van der Waals surface area contributed by atoms with Gasteiger partial charge in [-0.3, -0.25) is 0 Å². The van der Waals surface area contributed by atoms with Gasteiger partial charge in [-0.1, -0.05) is 43.2 Å². The standard InChI is InChI=1S/C24H23N3O/c25-24-23-21(16-27(18-6-4-5-7-18)22(23)14-15-26-24)17-10-12-20(13-11-17)28-19-8-2-1-3-9-19/h1-3,8-16,18H,4-7H2,(H2,25,26). The van der Waals surface area contributed by atoms with E-state index in [0.29, 0.717) is 11.9 Å². The first kappa shape index (κ1) is 16.9. The highest BCUT2D eigenvalue weighted by molar-refractivity contribution is 6.02. The first-order valence-corrected chi connectivity index (χ1v) is 9.88. The molecule has 140 valence electrons. The zero-order valence-corrected chi connectivity index (χ0v) is 15.7. The van der Waals surface area contributed by atoms with Crippen molar-refractivity contribution in [2.24, 2.45) is 0 Å². The van der Waals surface area contributed by atoms with E-state index >= 15 is 0 Å². The molecule has 1 saturated carbocycles. The lowest BCUT2D eigenvalue weighted by molar-refractivity contribution is 0.483. The fourth-order valence-corrected chi connectivity index (χ4v) is 4.26. The van der Waals surface area contributed by atoms with Crippen LogP contribution in [0, 0.1) is 0 Å². The molecule has 4 aromatic rings. The number of para-hydroxylation sites is 1. The summed E-state index contributed by atoms with van der Waals surface area (Å²) in [4.78, 5) is 4.35. The molecule has 1 aliphatic rings. The molecule has 5 rings (SSSR count). The van der Waals surface area contributed by atoms with Crippen molar-refractivity contribution in [3.8, 4) is 22.6 Å². The molecule has 0 amide bonds. The first-order valence-electron chi connectivity index (χ1n) is 9.88. The van der Waals surface area contributed by atoms with E-state index in [1.807, 2.05) is 48.7 Å². The number of hydrogen-bond donors (Lipinski definition) is 1. The third-order valence-electron chi connectivity index (χ3n) is 5.64. The molecule has 0 spiro atoms. The zero-order valence-electron chi connectivity index (χ0n) is 15.7. The molecule has 0 bridgehead atoms. The van der Waals surface area contributed by atoms with Gasteiger partial charge in [0.2, 0.25) is 0 Å². The number of ether oxygens (including phenoxy) is 1. The van der Waals surface area contributed by atoms with Crippen molar-refractivity contribution in [2.45, 2.75) is 31.7 Å². The minimum atomic E-state index is 0.554. The highest BCUT2D eigenvalue weighted by Gasteiger charge is 2.22. The van der Waals surface area contributed by atoms with Crippen LogP contribution >= 0.6 is 0 Å². The van der Waals surface area contributed by atoms with Gasteiger partial charge in [-0.2, -0.15) is 0 Å². The molecule has 0 aliphatic heterocycles. The molecule has 28 heavy (non-hydrogen) atoms. The summed E-state index contributed by atoms with van der Waals surface area (Å²) in [5.41, 5.74) is 9.73. The Bertz CT molecular complexity index is 1090. The second-order valence-corrected chi connectivity index (χ2v) is 7.42. The van der Waals surface area contributed by atoms with E-state index < -0.39 is 0 Å². The Kier molecular flexibility index (Phi) is 4.24. The minimum absolute atomic E-state index is 0.554. The number of pyridine rings is 1. The number of nitrogen functional groups attached to an aromatic ring is 1. The van der Waals surface area contributed by atoms with Crippen molar-refractivity contribution < 1.29 is 4.74 Å². The van der Waals surface area contributed by atoms with Crippen LogP contribution in [0.3, 0.4) is 0 Å². The molecule has 2 heterocycles. The lowest BCUT2D eigenvalue weighted by Crippen LogP contribution is -2.02. The molecule has 0 atom stereocenters. The van der Waals surface area contributed by atoms with Crippen LogP contribution < -0.4 is 10.5 Å². The number of hydrogen-bond acceptors (Lipinski definition) is 3. The van der Waals surface area contributed by atoms with Gasteiger partial charge in [-0.15, -0.1) is 0 Å². The third-order valence-corrected chi connectivity index (χ3v) is 5.64. The molecule has 2 aromatic heterocycles. The second-order valence-electron chi connectivity index (χ2n) is 7.42. The van der Waals surface area contributed by atoms with Crippen molar-refractivity contribution in [2.75, 3.05) is 5.73 Å². The lowest BCUT2D eigenvalue weighted by atomic mass is 10.1. The van der Waals surface area contributed by atoms with Crippen LogP contribution in [-0.4, -0.2) is 9.55 Å². The monoisotopic (exact) mass is 369 g/mol. The Balaban J connectivity index is 1.53. The molecule has 0 saturated heterocycles. The van der Waals surface area contributed by atoms with Gasteiger partial charge in [0.1, 0.15) is 17.3 Å². The Morgan fingerprint density at radius 3 is 2.36 bits per heavy atom. The maximum atomic E-state index is 6.29. The highest BCUT2D eigenvalue weighted by Crippen LogP contribution is 2.39. The summed E-state index contributed by atoms with van der Waals surface area (Å²) in [5.74, 6) is 2.25. The number of anilines is 1. The zero-order chi connectivity index (χ0) is 18.9. The van der Waals surface area contributed by atoms with Gasteiger partial charge in [0.15, 0.2) is 0 Å². The summed E-state index contributed by atoms with van der Waals surface area (Å²) < 4.78 is 8.33. The molecule has 2 N–H and O–H groups in total. The summed E-state index contributed by atoms with van der Waals surface area (Å²) in [6.45, 7) is 0. The van der Waals surface area contributed by atoms with Crippen molar-refractivity contribution in [3.05, 3.63) is 73.1 Å². The molecule has 0 radical (unpaired) electrons. The molecular weight excluding hydrogens is 346 g/mol. The number of rotatable bonds is 4. The van der Waals surface area contributed by atoms with Crippen LogP contribution in [0.25, 0.3) is 22.0 Å². The van der Waals surface area contributed by atoms with Crippen LogP contribution in [0.15, 0.2) is 73.1 Å². The van der Waals surface area contributed by atoms with Crippen LogP contribution in [0.2, 0.25) is 0 Å². The van der Waals surface area contributed by atoms with Gasteiger partial charge < -0.3 is 15.0 Å². The normalized spacial score (nSPS) is 14.6. The van der Waals surface area contributed by atoms with Gasteiger partial charge in [0, 0.05) is 29.4 Å². The number of benzene rings is 2. The van der Waals surface area contributed by atoms with Crippen molar-refractivity contribution >= 4 is 16.7 Å². The molecular formula is C24H23N3O. The number of aromatic nitrogens is 2. The Hall–Kier alpha value is -3.27. The Morgan fingerprint density at radius 2 is 1.61 bits per heavy atom. The van der Waals surface area contributed by atoms with Gasteiger partial charge in [-0.05, 0) is 48.7 Å². The van der Waals surface area contributed by atoms with E-state index in [1.165, 1.54) is 31.2 Å². The minimum Gasteiger partial charge on any atom is -0.457 e. The van der Waals surface area contributed by atoms with E-state index in [1.54, 1.807) is 0 Å². The Labute approximate surface area is 164 Å². The summed E-state index contributed by atoms with van der Waals surface area (Å²) in [5, 5.41) is 1.05. The fourth-order valence-electron chi connectivity index (χ4n) is 4.26. The number of nitrogens with zero attached hydrogens (tertiary/aromatic N) is 2. The first-order chi connectivity index (χ1) is 13.8. The average molecular weight is 369 g/mol. The van der Waals surface area contributed by atoms with Crippen molar-refractivity contribution in [1.82, 2.24) is 9.55 Å². The summed E-state index contributed by atoms with van der Waals surface area (Å²) in [7, 11) is 0. The Morgan fingerprint density at radius 1 is 0.893 bits per heavy atom. The fraction of sp³-hybridized carbons (Fsp3) is 0.208. The van der Waals surface area contributed by atoms with Crippen LogP contribution in [0.4, 0.5) is 5.82 Å². The van der Waals surface area contributed by atoms with E-state index in [2.05, 4.69) is 33.9 Å². The second kappa shape index (κ2) is 7.04. The molecule has 0 unspecified atom stereocenters. The van der Waals surface area contributed by atoms with E-state index in [9.17, 15) is 0 Å². The lowest BCUT2D eigenvalue weighted by Gasteiger charge is -2.13. The number of nitrogens with two attached hydrogens (primary N) is 1. The van der Waals surface area contributed by atoms with Gasteiger partial charge >= 0.3 is 0 Å². The number of fused-ring (bicyclic) bond motifs is 1. The molecule has 1 aliphatic carbocycles. The maximum absolute atomic E-state index is 6.29. The van der Waals surface area contributed by atoms with E-state index in [-0.39, 0.29) is 0 Å². The molecule has 2 aromatic carbocycles. The van der Waals surface area contributed by atoms with E-state index in [0.717, 1.165) is 28.0 Å². The predicted molar refractivity (Wildman–Crippen MR) is 114 cm³/mol. The topological polar surface area (TPSA) is 53.1 Å². The summed E-state index contributed by atoms with van der Waals surface area (Å²) >= 11 is 0. The average Bonchev–Trinajstić information content (AvgIpc) is 3.38. The molecule has 4 heteroatoms. The van der Waals surface area contributed by atoms with Crippen LogP contribution in [0.1, 0.15) is 31.7 Å². The van der Waals surface area contributed by atoms with Gasteiger partial charge in [-0.25, -0.2) is 4.98 Å². The SMILES string of the molecule is Nc1nccc2c1c(-c1ccc(Oc3ccccc3)cc1)cn2C1CCCC1. The van der Waals surface area contributed by atoms with E-state index in [4.69, 9.17) is 10.5 Å². The van der Waals surface area contributed by atoms with Crippen LogP contribution in [0.5, 0.6) is 11.5 Å². The van der Waals surface area contributed by atoms with Crippen molar-refractivity contribution in [1.29, 1.82) is 0 Å². The summed E-state index contributed by atoms with van der Waals surface area (Å²) in [6.07, 6.45) is 9.12. The largest absolute Gasteiger partial charge is 0.457 e. The molecule has 1 fully saturated rings. The predicted octanol–water partition coefficient (Wildman–Crippen LogP) is 6.19. The quantitative estimate of drug-likeness (QED) is 0.466. The van der Waals surface area contributed by atoms with Gasteiger partial charge in [0.05, 0.1) is 5.52 Å².